The van der Waals surface area contributed by atoms with E-state index in [9.17, 15) is 36.2 Å². The molecular weight excluding hydrogens is 598 g/mol. The molecule has 2 aliphatic rings. The molecule has 13 heteroatoms. The van der Waals surface area contributed by atoms with Crippen molar-refractivity contribution in [3.05, 3.63) is 93.3 Å². The van der Waals surface area contributed by atoms with E-state index in [2.05, 4.69) is 20.9 Å². The summed E-state index contributed by atoms with van der Waals surface area (Å²) in [4.78, 5) is 23.8. The Balaban J connectivity index is 1.36. The van der Waals surface area contributed by atoms with Crippen molar-refractivity contribution in [1.82, 2.24) is 19.7 Å². The molecule has 0 radical (unpaired) electrons. The molecule has 1 fully saturated rings. The summed E-state index contributed by atoms with van der Waals surface area (Å²) in [6, 6.07) is 8.91. The van der Waals surface area contributed by atoms with E-state index in [0.29, 0.717) is 37.3 Å². The van der Waals surface area contributed by atoms with Gasteiger partial charge < -0.3 is 10.0 Å². The molecule has 1 saturated heterocycles. The minimum absolute atomic E-state index is 0.0116. The summed E-state index contributed by atoms with van der Waals surface area (Å²) in [7, 11) is 0. The van der Waals surface area contributed by atoms with Gasteiger partial charge in [-0.25, -0.2) is 0 Å². The van der Waals surface area contributed by atoms with Crippen LogP contribution in [0.3, 0.4) is 0 Å². The standard InChI is InChI=1S/C30H29ClF6N4O2/c31-25-4-3-19(13-27(25)42)12-24-18-40(9-8-39-7-5-26-20(17-39)2-1-6-38-26)10-11-41(24)28(43)21-14-22(29(32,33)34)16-23(15-21)30(35,36)37/h1-4,6,13-16,24,42H,5,7-12,17-18H2/t24-/m1/s1. The lowest BCUT2D eigenvalue weighted by atomic mass is 9.99. The summed E-state index contributed by atoms with van der Waals surface area (Å²) in [5.41, 5.74) is -0.889. The topological polar surface area (TPSA) is 59.9 Å². The Morgan fingerprint density at radius 3 is 2.30 bits per heavy atom. The van der Waals surface area contributed by atoms with Crippen molar-refractivity contribution in [2.24, 2.45) is 0 Å². The molecule has 0 bridgehead atoms. The predicted molar refractivity (Wildman–Crippen MR) is 148 cm³/mol. The Morgan fingerprint density at radius 1 is 0.930 bits per heavy atom. The molecule has 1 N–H and O–H groups in total. The summed E-state index contributed by atoms with van der Waals surface area (Å²) in [6.07, 6.45) is -7.32. The zero-order chi connectivity index (χ0) is 30.9. The van der Waals surface area contributed by atoms with E-state index in [4.69, 9.17) is 11.6 Å². The van der Waals surface area contributed by atoms with Gasteiger partial charge in [0.15, 0.2) is 0 Å². The second kappa shape index (κ2) is 12.3. The van der Waals surface area contributed by atoms with Crippen molar-refractivity contribution in [3.8, 4) is 5.75 Å². The van der Waals surface area contributed by atoms with Crippen molar-refractivity contribution >= 4 is 17.5 Å². The molecule has 1 aromatic heterocycles. The molecule has 230 valence electrons. The van der Waals surface area contributed by atoms with Crippen molar-refractivity contribution in [2.75, 3.05) is 39.3 Å². The minimum Gasteiger partial charge on any atom is -0.506 e. The first-order chi connectivity index (χ1) is 20.3. The van der Waals surface area contributed by atoms with Gasteiger partial charge in [0.2, 0.25) is 0 Å². The lowest BCUT2D eigenvalue weighted by molar-refractivity contribution is -0.143. The van der Waals surface area contributed by atoms with E-state index in [1.165, 1.54) is 22.6 Å². The van der Waals surface area contributed by atoms with Crippen molar-refractivity contribution < 1.29 is 36.2 Å². The number of hydrogen-bond acceptors (Lipinski definition) is 5. The third-order valence-electron chi connectivity index (χ3n) is 7.92. The van der Waals surface area contributed by atoms with Gasteiger partial charge in [0.05, 0.1) is 16.1 Å². The van der Waals surface area contributed by atoms with Gasteiger partial charge in [-0.2, -0.15) is 26.3 Å². The van der Waals surface area contributed by atoms with Gasteiger partial charge in [-0.05, 0) is 53.9 Å². The molecule has 43 heavy (non-hydrogen) atoms. The fraction of sp³-hybridized carbons (Fsp3) is 0.400. The summed E-state index contributed by atoms with van der Waals surface area (Å²) in [6.45, 7) is 3.82. The van der Waals surface area contributed by atoms with Gasteiger partial charge in [0.25, 0.3) is 5.91 Å². The van der Waals surface area contributed by atoms with Crippen LogP contribution < -0.4 is 0 Å². The van der Waals surface area contributed by atoms with E-state index < -0.39 is 41.0 Å². The van der Waals surface area contributed by atoms with Gasteiger partial charge in [-0.3, -0.25) is 19.6 Å². The largest absolute Gasteiger partial charge is 0.506 e. The van der Waals surface area contributed by atoms with E-state index in [0.717, 1.165) is 31.7 Å². The van der Waals surface area contributed by atoms with Gasteiger partial charge in [-0.1, -0.05) is 23.7 Å². The third-order valence-corrected chi connectivity index (χ3v) is 8.24. The normalized spacial score (nSPS) is 18.5. The Morgan fingerprint density at radius 2 is 1.63 bits per heavy atom. The summed E-state index contributed by atoms with van der Waals surface area (Å²) < 4.78 is 81.0. The molecule has 3 heterocycles. The number of aromatic nitrogens is 1. The van der Waals surface area contributed by atoms with Crippen LogP contribution in [-0.4, -0.2) is 76.0 Å². The van der Waals surface area contributed by atoms with Gasteiger partial charge in [0.1, 0.15) is 5.75 Å². The van der Waals surface area contributed by atoms with Gasteiger partial charge >= 0.3 is 12.4 Å². The molecule has 2 aromatic carbocycles. The molecule has 5 rings (SSSR count). The summed E-state index contributed by atoms with van der Waals surface area (Å²) >= 11 is 5.94. The van der Waals surface area contributed by atoms with Crippen LogP contribution in [0.4, 0.5) is 26.3 Å². The number of alkyl halides is 6. The fourth-order valence-corrected chi connectivity index (χ4v) is 5.78. The summed E-state index contributed by atoms with van der Waals surface area (Å²) in [5.74, 6) is -1.09. The second-order valence-corrected chi connectivity index (χ2v) is 11.3. The average molecular weight is 627 g/mol. The van der Waals surface area contributed by atoms with E-state index in [-0.39, 0.29) is 29.8 Å². The number of benzene rings is 2. The smallest absolute Gasteiger partial charge is 0.416 e. The van der Waals surface area contributed by atoms with Gasteiger partial charge in [-0.15, -0.1) is 0 Å². The van der Waals surface area contributed by atoms with Gasteiger partial charge in [0, 0.05) is 75.7 Å². The van der Waals surface area contributed by atoms with Crippen LogP contribution in [0.5, 0.6) is 5.75 Å². The van der Waals surface area contributed by atoms with E-state index >= 15 is 0 Å². The number of aromatic hydroxyl groups is 1. The van der Waals surface area contributed by atoms with Crippen LogP contribution in [0, 0.1) is 0 Å². The number of halogens is 7. The maximum Gasteiger partial charge on any atom is 0.416 e. The number of hydrogen-bond donors (Lipinski definition) is 1. The first-order valence-corrected chi connectivity index (χ1v) is 14.1. The van der Waals surface area contributed by atoms with Crippen LogP contribution >= 0.6 is 11.6 Å². The highest BCUT2D eigenvalue weighted by Gasteiger charge is 2.39. The van der Waals surface area contributed by atoms with Crippen LogP contribution in [0.15, 0.2) is 54.7 Å². The monoisotopic (exact) mass is 626 g/mol. The number of rotatable bonds is 6. The minimum atomic E-state index is -5.07. The highest BCUT2D eigenvalue weighted by atomic mass is 35.5. The Labute approximate surface area is 249 Å². The number of amides is 1. The first kappa shape index (κ1) is 31.1. The fourth-order valence-electron chi connectivity index (χ4n) is 5.66. The lowest BCUT2D eigenvalue weighted by Crippen LogP contribution is -2.57. The zero-order valence-electron chi connectivity index (χ0n) is 22.9. The maximum atomic E-state index is 13.6. The number of phenolic OH excluding ortho intramolecular Hbond substituents is 1. The molecule has 3 aromatic rings. The molecule has 0 unspecified atom stereocenters. The molecule has 0 spiro atoms. The lowest BCUT2D eigenvalue weighted by Gasteiger charge is -2.42. The van der Waals surface area contributed by atoms with E-state index in [1.54, 1.807) is 12.3 Å². The zero-order valence-corrected chi connectivity index (χ0v) is 23.7. The predicted octanol–water partition coefficient (Wildman–Crippen LogP) is 5.91. The van der Waals surface area contributed by atoms with Crippen LogP contribution in [0.25, 0.3) is 0 Å². The highest BCUT2D eigenvalue weighted by molar-refractivity contribution is 6.32. The average Bonchev–Trinajstić information content (AvgIpc) is 2.96. The maximum absolute atomic E-state index is 13.6. The number of fused-ring (bicyclic) bond motifs is 1. The van der Waals surface area contributed by atoms with Crippen LogP contribution in [0.2, 0.25) is 5.02 Å². The van der Waals surface area contributed by atoms with Crippen molar-refractivity contribution in [2.45, 2.75) is 37.8 Å². The number of carbonyl (C=O) groups is 1. The highest BCUT2D eigenvalue weighted by Crippen LogP contribution is 2.37. The number of pyridine rings is 1. The molecule has 2 aliphatic heterocycles. The molecule has 1 amide bonds. The molecule has 6 nitrogen and oxygen atoms in total. The van der Waals surface area contributed by atoms with Crippen LogP contribution in [0.1, 0.15) is 38.3 Å². The molecule has 0 saturated carbocycles. The van der Waals surface area contributed by atoms with E-state index in [1.807, 2.05) is 6.07 Å². The first-order valence-electron chi connectivity index (χ1n) is 13.7. The molecular formula is C30H29ClF6N4O2. The number of phenols is 1. The Bertz CT molecular complexity index is 1450. The quantitative estimate of drug-likeness (QED) is 0.345. The molecule has 1 atom stereocenters. The van der Waals surface area contributed by atoms with Crippen molar-refractivity contribution in [1.29, 1.82) is 0 Å². The van der Waals surface area contributed by atoms with Crippen LogP contribution in [-0.2, 0) is 31.7 Å². The SMILES string of the molecule is O=C(c1cc(C(F)(F)F)cc(C(F)(F)F)c1)N1CCN(CCN2CCc3ncccc3C2)C[C@H]1Cc1ccc(Cl)c(O)c1. The third kappa shape index (κ3) is 7.42. The van der Waals surface area contributed by atoms with Crippen molar-refractivity contribution in [3.63, 3.8) is 0 Å². The number of piperazine rings is 1. The Hall–Kier alpha value is -3.35. The Kier molecular flexibility index (Phi) is 8.92. The molecule has 0 aliphatic carbocycles. The number of nitrogens with zero attached hydrogens (tertiary/aromatic N) is 4. The summed E-state index contributed by atoms with van der Waals surface area (Å²) in [5, 5.41) is 10.2. The number of carbonyl (C=O) groups excluding carboxylic acids is 1. The second-order valence-electron chi connectivity index (χ2n) is 10.9.